The number of carboxylic acids is 1. The van der Waals surface area contributed by atoms with Gasteiger partial charge in [-0.15, -0.1) is 0 Å². The van der Waals surface area contributed by atoms with Gasteiger partial charge in [-0.25, -0.2) is 9.78 Å². The first kappa shape index (κ1) is 12.6. The van der Waals surface area contributed by atoms with E-state index in [9.17, 15) is 4.79 Å². The molecule has 0 atom stereocenters. The SMILES string of the molecule is Cc1cccnc1CSc1ncccc1C(=O)O. The fourth-order valence-corrected chi connectivity index (χ4v) is 2.50. The molecule has 2 aromatic rings. The van der Waals surface area contributed by atoms with Crippen molar-refractivity contribution >= 4 is 17.7 Å². The maximum Gasteiger partial charge on any atom is 0.338 e. The zero-order valence-corrected chi connectivity index (χ0v) is 10.6. The predicted molar refractivity (Wildman–Crippen MR) is 69.7 cm³/mol. The Morgan fingerprint density at radius 1 is 1.28 bits per heavy atom. The first-order valence-corrected chi connectivity index (χ1v) is 6.38. The quantitative estimate of drug-likeness (QED) is 0.856. The van der Waals surface area contributed by atoms with Gasteiger partial charge >= 0.3 is 5.97 Å². The molecule has 0 aliphatic carbocycles. The minimum Gasteiger partial charge on any atom is -0.478 e. The molecule has 0 saturated carbocycles. The van der Waals surface area contributed by atoms with E-state index >= 15 is 0 Å². The van der Waals surface area contributed by atoms with Crippen LogP contribution in [0.5, 0.6) is 0 Å². The fraction of sp³-hybridized carbons (Fsp3) is 0.154. The lowest BCUT2D eigenvalue weighted by Gasteiger charge is -2.05. The highest BCUT2D eigenvalue weighted by molar-refractivity contribution is 7.98. The van der Waals surface area contributed by atoms with Gasteiger partial charge in [-0.2, -0.15) is 0 Å². The topological polar surface area (TPSA) is 63.1 Å². The maximum atomic E-state index is 11.0. The number of carboxylic acid groups (broad SMARTS) is 1. The van der Waals surface area contributed by atoms with Crippen molar-refractivity contribution in [2.24, 2.45) is 0 Å². The van der Waals surface area contributed by atoms with Crippen LogP contribution >= 0.6 is 11.8 Å². The number of aromatic nitrogens is 2. The van der Waals surface area contributed by atoms with E-state index < -0.39 is 5.97 Å². The highest BCUT2D eigenvalue weighted by Gasteiger charge is 2.11. The van der Waals surface area contributed by atoms with E-state index in [2.05, 4.69) is 9.97 Å². The third-order valence-electron chi connectivity index (χ3n) is 2.47. The number of thioether (sulfide) groups is 1. The molecule has 0 radical (unpaired) electrons. The standard InChI is InChI=1S/C13H12N2O2S/c1-9-4-2-6-14-11(9)8-18-12-10(13(16)17)5-3-7-15-12/h2-7H,8H2,1H3,(H,16,17). The molecule has 92 valence electrons. The average molecular weight is 260 g/mol. The maximum absolute atomic E-state index is 11.0. The summed E-state index contributed by atoms with van der Waals surface area (Å²) in [6, 6.07) is 7.05. The first-order chi connectivity index (χ1) is 8.68. The van der Waals surface area contributed by atoms with Gasteiger partial charge in [0.25, 0.3) is 0 Å². The van der Waals surface area contributed by atoms with Crippen LogP contribution in [0.15, 0.2) is 41.7 Å². The molecule has 2 rings (SSSR count). The lowest BCUT2D eigenvalue weighted by molar-refractivity contribution is 0.0692. The minimum atomic E-state index is -0.955. The Balaban J connectivity index is 2.16. The zero-order chi connectivity index (χ0) is 13.0. The van der Waals surface area contributed by atoms with Crippen molar-refractivity contribution in [2.75, 3.05) is 0 Å². The van der Waals surface area contributed by atoms with E-state index in [1.807, 2.05) is 19.1 Å². The van der Waals surface area contributed by atoms with Gasteiger partial charge in [-0.05, 0) is 30.7 Å². The highest BCUT2D eigenvalue weighted by atomic mass is 32.2. The molecular weight excluding hydrogens is 248 g/mol. The monoisotopic (exact) mass is 260 g/mol. The van der Waals surface area contributed by atoms with Gasteiger partial charge in [0.05, 0.1) is 11.3 Å². The van der Waals surface area contributed by atoms with Gasteiger partial charge < -0.3 is 5.11 Å². The van der Waals surface area contributed by atoms with Crippen molar-refractivity contribution in [3.63, 3.8) is 0 Å². The summed E-state index contributed by atoms with van der Waals surface area (Å²) in [4.78, 5) is 19.4. The lowest BCUT2D eigenvalue weighted by Crippen LogP contribution is -2.00. The van der Waals surface area contributed by atoms with Gasteiger partial charge in [0.2, 0.25) is 0 Å². The first-order valence-electron chi connectivity index (χ1n) is 5.40. The van der Waals surface area contributed by atoms with E-state index in [0.717, 1.165) is 11.3 Å². The molecule has 0 bridgehead atoms. The van der Waals surface area contributed by atoms with Crippen LogP contribution in [-0.2, 0) is 5.75 Å². The van der Waals surface area contributed by atoms with Crippen molar-refractivity contribution in [3.05, 3.63) is 53.5 Å². The molecule has 0 aliphatic rings. The van der Waals surface area contributed by atoms with E-state index in [1.165, 1.54) is 11.8 Å². The number of hydrogen-bond acceptors (Lipinski definition) is 4. The van der Waals surface area contributed by atoms with E-state index in [4.69, 9.17) is 5.11 Å². The van der Waals surface area contributed by atoms with Crippen LogP contribution in [0.3, 0.4) is 0 Å². The molecule has 18 heavy (non-hydrogen) atoms. The Morgan fingerprint density at radius 2 is 2.00 bits per heavy atom. The van der Waals surface area contributed by atoms with Crippen LogP contribution in [0.2, 0.25) is 0 Å². The summed E-state index contributed by atoms with van der Waals surface area (Å²) in [5.74, 6) is -0.340. The summed E-state index contributed by atoms with van der Waals surface area (Å²) in [6.07, 6.45) is 3.33. The molecule has 0 aromatic carbocycles. The molecule has 5 heteroatoms. The number of aryl methyl sites for hydroxylation is 1. The van der Waals surface area contributed by atoms with Crippen LogP contribution in [0.1, 0.15) is 21.6 Å². The van der Waals surface area contributed by atoms with Crippen LogP contribution < -0.4 is 0 Å². The molecule has 2 heterocycles. The minimum absolute atomic E-state index is 0.232. The van der Waals surface area contributed by atoms with Crippen molar-refractivity contribution in [2.45, 2.75) is 17.7 Å². The Kier molecular flexibility index (Phi) is 3.94. The van der Waals surface area contributed by atoms with E-state index in [1.54, 1.807) is 24.5 Å². The van der Waals surface area contributed by atoms with Crippen LogP contribution in [-0.4, -0.2) is 21.0 Å². The normalized spacial score (nSPS) is 10.3. The van der Waals surface area contributed by atoms with Gasteiger partial charge in [0.1, 0.15) is 5.03 Å². The van der Waals surface area contributed by atoms with Crippen molar-refractivity contribution < 1.29 is 9.90 Å². The summed E-state index contributed by atoms with van der Waals surface area (Å²) < 4.78 is 0. The largest absolute Gasteiger partial charge is 0.478 e. The van der Waals surface area contributed by atoms with Gasteiger partial charge in [-0.3, -0.25) is 4.98 Å². The van der Waals surface area contributed by atoms with Crippen LogP contribution in [0.4, 0.5) is 0 Å². The van der Waals surface area contributed by atoms with Gasteiger partial charge in [0.15, 0.2) is 0 Å². The summed E-state index contributed by atoms with van der Waals surface area (Å²) in [5.41, 5.74) is 2.28. The van der Waals surface area contributed by atoms with Crippen LogP contribution in [0.25, 0.3) is 0 Å². The second-order valence-electron chi connectivity index (χ2n) is 3.72. The second kappa shape index (κ2) is 5.64. The summed E-state index contributed by atoms with van der Waals surface area (Å²) in [7, 11) is 0. The number of aromatic carboxylic acids is 1. The van der Waals surface area contributed by atoms with E-state index in [0.29, 0.717) is 10.8 Å². The molecule has 0 aliphatic heterocycles. The number of hydrogen-bond donors (Lipinski definition) is 1. The number of carbonyl (C=O) groups is 1. The molecule has 0 fully saturated rings. The molecule has 0 unspecified atom stereocenters. The van der Waals surface area contributed by atoms with E-state index in [-0.39, 0.29) is 5.56 Å². The highest BCUT2D eigenvalue weighted by Crippen LogP contribution is 2.24. The Bertz CT molecular complexity index is 572. The molecule has 4 nitrogen and oxygen atoms in total. The van der Waals surface area contributed by atoms with Crippen molar-refractivity contribution in [1.29, 1.82) is 0 Å². The predicted octanol–water partition coefficient (Wildman–Crippen LogP) is 2.78. The Labute approximate surface area is 109 Å². The average Bonchev–Trinajstić information content (AvgIpc) is 2.38. The lowest BCUT2D eigenvalue weighted by atomic mass is 10.2. The third kappa shape index (κ3) is 2.87. The molecule has 2 aromatic heterocycles. The molecule has 0 saturated heterocycles. The van der Waals surface area contributed by atoms with Gasteiger partial charge in [-0.1, -0.05) is 17.8 Å². The Morgan fingerprint density at radius 3 is 2.72 bits per heavy atom. The zero-order valence-electron chi connectivity index (χ0n) is 9.83. The summed E-state index contributed by atoms with van der Waals surface area (Å²) >= 11 is 1.39. The second-order valence-corrected chi connectivity index (χ2v) is 4.68. The summed E-state index contributed by atoms with van der Waals surface area (Å²) in [5, 5.41) is 9.57. The number of rotatable bonds is 4. The van der Waals surface area contributed by atoms with Gasteiger partial charge in [0, 0.05) is 18.1 Å². The van der Waals surface area contributed by atoms with Crippen LogP contribution in [0, 0.1) is 6.92 Å². The molecule has 0 spiro atoms. The smallest absolute Gasteiger partial charge is 0.338 e. The van der Waals surface area contributed by atoms with Crippen molar-refractivity contribution in [1.82, 2.24) is 9.97 Å². The molecule has 0 amide bonds. The molecular formula is C13H12N2O2S. The molecule has 1 N–H and O–H groups in total. The van der Waals surface area contributed by atoms with Crippen molar-refractivity contribution in [3.8, 4) is 0 Å². The Hall–Kier alpha value is -1.88. The fourth-order valence-electron chi connectivity index (χ4n) is 1.47. The number of pyridine rings is 2. The summed E-state index contributed by atoms with van der Waals surface area (Å²) in [6.45, 7) is 1.99. The number of nitrogens with zero attached hydrogens (tertiary/aromatic N) is 2. The third-order valence-corrected chi connectivity index (χ3v) is 3.48.